The maximum absolute atomic E-state index is 11.0. The van der Waals surface area contributed by atoms with Gasteiger partial charge in [0, 0.05) is 13.1 Å². The average molecular weight is 200 g/mol. The van der Waals surface area contributed by atoms with Crippen molar-refractivity contribution in [3.63, 3.8) is 0 Å². The Balaban J connectivity index is 3.13. The Labute approximate surface area is 85.7 Å². The minimum absolute atomic E-state index is 0.0207. The smallest absolute Gasteiger partial charge is 0.233 e. The van der Waals surface area contributed by atoms with Crippen molar-refractivity contribution in [2.75, 3.05) is 32.8 Å². The first-order chi connectivity index (χ1) is 6.66. The van der Waals surface area contributed by atoms with Gasteiger partial charge in [0.05, 0.1) is 19.8 Å². The van der Waals surface area contributed by atoms with Crippen LogP contribution in [0.4, 0.5) is 0 Å². The SMILES string of the molecule is C=C(C)COCCNCC(=O)NCC. The molecule has 0 aromatic heterocycles. The molecule has 0 heterocycles. The fourth-order valence-corrected chi connectivity index (χ4v) is 0.852. The van der Waals surface area contributed by atoms with Crippen LogP contribution < -0.4 is 10.6 Å². The van der Waals surface area contributed by atoms with Crippen molar-refractivity contribution in [3.05, 3.63) is 12.2 Å². The Morgan fingerprint density at radius 3 is 2.79 bits per heavy atom. The zero-order valence-electron chi connectivity index (χ0n) is 9.06. The Hall–Kier alpha value is -0.870. The summed E-state index contributed by atoms with van der Waals surface area (Å²) in [6.45, 7) is 10.4. The molecular weight excluding hydrogens is 180 g/mol. The molecule has 82 valence electrons. The lowest BCUT2D eigenvalue weighted by atomic mass is 10.4. The fraction of sp³-hybridized carbons (Fsp3) is 0.700. The number of hydrogen-bond acceptors (Lipinski definition) is 3. The minimum Gasteiger partial charge on any atom is -0.376 e. The first kappa shape index (κ1) is 13.1. The molecule has 0 radical (unpaired) electrons. The number of likely N-dealkylation sites (N-methyl/N-ethyl adjacent to an activating group) is 1. The first-order valence-electron chi connectivity index (χ1n) is 4.86. The first-order valence-corrected chi connectivity index (χ1v) is 4.86. The molecule has 0 aromatic rings. The number of ether oxygens (including phenoxy) is 1. The highest BCUT2D eigenvalue weighted by atomic mass is 16.5. The second-order valence-corrected chi connectivity index (χ2v) is 3.14. The lowest BCUT2D eigenvalue weighted by Crippen LogP contribution is -2.35. The Bertz CT molecular complexity index is 181. The van der Waals surface area contributed by atoms with Crippen LogP contribution in [-0.4, -0.2) is 38.8 Å². The van der Waals surface area contributed by atoms with Gasteiger partial charge in [0.2, 0.25) is 5.91 Å². The summed E-state index contributed by atoms with van der Waals surface area (Å²) in [7, 11) is 0. The molecular formula is C10H20N2O2. The second-order valence-electron chi connectivity index (χ2n) is 3.14. The maximum atomic E-state index is 11.0. The van der Waals surface area contributed by atoms with Crippen molar-refractivity contribution in [1.82, 2.24) is 10.6 Å². The molecule has 2 N–H and O–H groups in total. The van der Waals surface area contributed by atoms with Crippen LogP contribution in [0.5, 0.6) is 0 Å². The molecule has 0 rings (SSSR count). The van der Waals surface area contributed by atoms with E-state index < -0.39 is 0 Å². The van der Waals surface area contributed by atoms with Gasteiger partial charge in [-0.15, -0.1) is 0 Å². The van der Waals surface area contributed by atoms with Crippen LogP contribution in [0.15, 0.2) is 12.2 Å². The lowest BCUT2D eigenvalue weighted by Gasteiger charge is -2.05. The van der Waals surface area contributed by atoms with Gasteiger partial charge in [0.25, 0.3) is 0 Å². The van der Waals surface area contributed by atoms with E-state index in [0.717, 1.165) is 5.57 Å². The maximum Gasteiger partial charge on any atom is 0.233 e. The normalized spacial score (nSPS) is 9.86. The Morgan fingerprint density at radius 1 is 1.50 bits per heavy atom. The van der Waals surface area contributed by atoms with Crippen LogP contribution in [0, 0.1) is 0 Å². The molecule has 0 saturated carbocycles. The highest BCUT2D eigenvalue weighted by molar-refractivity contribution is 5.77. The van der Waals surface area contributed by atoms with Gasteiger partial charge in [0.15, 0.2) is 0 Å². The summed E-state index contributed by atoms with van der Waals surface area (Å²) in [6, 6.07) is 0. The molecule has 0 saturated heterocycles. The van der Waals surface area contributed by atoms with Crippen molar-refractivity contribution in [2.45, 2.75) is 13.8 Å². The number of hydrogen-bond donors (Lipinski definition) is 2. The molecule has 0 atom stereocenters. The summed E-state index contributed by atoms with van der Waals surface area (Å²) in [5.41, 5.74) is 1.01. The van der Waals surface area contributed by atoms with Crippen LogP contribution >= 0.6 is 0 Å². The third-order valence-corrected chi connectivity index (χ3v) is 1.43. The van der Waals surface area contributed by atoms with E-state index in [1.165, 1.54) is 0 Å². The highest BCUT2D eigenvalue weighted by Gasteiger charge is 1.96. The molecule has 0 aliphatic rings. The molecule has 4 heteroatoms. The van der Waals surface area contributed by atoms with Crippen LogP contribution in [-0.2, 0) is 9.53 Å². The summed E-state index contributed by atoms with van der Waals surface area (Å²) in [6.07, 6.45) is 0. The van der Waals surface area contributed by atoms with Crippen molar-refractivity contribution < 1.29 is 9.53 Å². The lowest BCUT2D eigenvalue weighted by molar-refractivity contribution is -0.120. The number of nitrogens with one attached hydrogen (secondary N) is 2. The van der Waals surface area contributed by atoms with Gasteiger partial charge in [-0.2, -0.15) is 0 Å². The fourth-order valence-electron chi connectivity index (χ4n) is 0.852. The highest BCUT2D eigenvalue weighted by Crippen LogP contribution is 1.86. The van der Waals surface area contributed by atoms with E-state index in [2.05, 4.69) is 17.2 Å². The predicted molar refractivity (Wildman–Crippen MR) is 57.2 cm³/mol. The quantitative estimate of drug-likeness (QED) is 0.438. The van der Waals surface area contributed by atoms with Gasteiger partial charge in [0.1, 0.15) is 0 Å². The molecule has 0 aliphatic heterocycles. The largest absolute Gasteiger partial charge is 0.376 e. The monoisotopic (exact) mass is 200 g/mol. The molecule has 0 aliphatic carbocycles. The summed E-state index contributed by atoms with van der Waals surface area (Å²) in [5.74, 6) is 0.0207. The third-order valence-electron chi connectivity index (χ3n) is 1.43. The third kappa shape index (κ3) is 9.22. The molecule has 1 amide bonds. The van der Waals surface area contributed by atoms with Crippen molar-refractivity contribution >= 4 is 5.91 Å². The van der Waals surface area contributed by atoms with Crippen molar-refractivity contribution in [2.24, 2.45) is 0 Å². The van der Waals surface area contributed by atoms with E-state index in [1.807, 2.05) is 13.8 Å². The molecule has 4 nitrogen and oxygen atoms in total. The topological polar surface area (TPSA) is 50.4 Å². The number of carbonyl (C=O) groups excluding carboxylic acids is 1. The molecule has 0 bridgehead atoms. The number of amides is 1. The van der Waals surface area contributed by atoms with Gasteiger partial charge < -0.3 is 15.4 Å². The van der Waals surface area contributed by atoms with Gasteiger partial charge in [-0.3, -0.25) is 4.79 Å². The Kier molecular flexibility index (Phi) is 8.17. The molecule has 0 unspecified atom stereocenters. The molecule has 0 aromatic carbocycles. The standard InChI is InChI=1S/C10H20N2O2/c1-4-12-10(13)7-11-5-6-14-8-9(2)3/h11H,2,4-8H2,1,3H3,(H,12,13). The van der Waals surface area contributed by atoms with E-state index >= 15 is 0 Å². The minimum atomic E-state index is 0.0207. The second kappa shape index (κ2) is 8.72. The molecule has 14 heavy (non-hydrogen) atoms. The number of carbonyl (C=O) groups is 1. The van der Waals surface area contributed by atoms with E-state index in [4.69, 9.17) is 4.74 Å². The summed E-state index contributed by atoms with van der Waals surface area (Å²) in [5, 5.41) is 5.68. The van der Waals surface area contributed by atoms with Gasteiger partial charge in [-0.05, 0) is 13.8 Å². The summed E-state index contributed by atoms with van der Waals surface area (Å²) in [4.78, 5) is 11.0. The number of rotatable bonds is 8. The Morgan fingerprint density at radius 2 is 2.21 bits per heavy atom. The van der Waals surface area contributed by atoms with Crippen LogP contribution in [0.2, 0.25) is 0 Å². The van der Waals surface area contributed by atoms with E-state index in [1.54, 1.807) is 0 Å². The zero-order valence-corrected chi connectivity index (χ0v) is 9.06. The zero-order chi connectivity index (χ0) is 10.8. The molecule has 0 spiro atoms. The van der Waals surface area contributed by atoms with E-state index in [-0.39, 0.29) is 5.91 Å². The average Bonchev–Trinajstić information content (AvgIpc) is 2.11. The van der Waals surface area contributed by atoms with E-state index in [0.29, 0.717) is 32.8 Å². The van der Waals surface area contributed by atoms with Crippen LogP contribution in [0.25, 0.3) is 0 Å². The van der Waals surface area contributed by atoms with Gasteiger partial charge in [-0.1, -0.05) is 12.2 Å². The van der Waals surface area contributed by atoms with Crippen molar-refractivity contribution in [3.8, 4) is 0 Å². The molecule has 0 fully saturated rings. The summed E-state index contributed by atoms with van der Waals surface area (Å²) < 4.78 is 5.24. The van der Waals surface area contributed by atoms with Crippen molar-refractivity contribution in [1.29, 1.82) is 0 Å². The van der Waals surface area contributed by atoms with Gasteiger partial charge >= 0.3 is 0 Å². The summed E-state index contributed by atoms with van der Waals surface area (Å²) >= 11 is 0. The van der Waals surface area contributed by atoms with E-state index in [9.17, 15) is 4.79 Å². The van der Waals surface area contributed by atoms with Gasteiger partial charge in [-0.25, -0.2) is 0 Å². The van der Waals surface area contributed by atoms with Crippen LogP contribution in [0.1, 0.15) is 13.8 Å². The van der Waals surface area contributed by atoms with Crippen LogP contribution in [0.3, 0.4) is 0 Å². The predicted octanol–water partition coefficient (Wildman–Crippen LogP) is 0.305.